The van der Waals surface area contributed by atoms with Crippen LogP contribution in [0.4, 0.5) is 0 Å². The highest BCUT2D eigenvalue weighted by Crippen LogP contribution is 2.30. The van der Waals surface area contributed by atoms with E-state index in [1.807, 2.05) is 11.7 Å². The average Bonchev–Trinajstić information content (AvgIpc) is 2.61. The minimum Gasteiger partial charge on any atom is -0.314 e. The molecule has 20 heavy (non-hydrogen) atoms. The Morgan fingerprint density at radius 2 is 2.05 bits per heavy atom. The SMILES string of the molecule is CCNC1CCCCC(Cc2c(Cl)c(CC)nn2C)C1. The molecule has 1 aliphatic carbocycles. The molecule has 0 amide bonds. The first-order valence-corrected chi connectivity index (χ1v) is 8.47. The van der Waals surface area contributed by atoms with Crippen molar-refractivity contribution >= 4 is 11.6 Å². The number of rotatable bonds is 5. The Labute approximate surface area is 128 Å². The van der Waals surface area contributed by atoms with E-state index in [0.29, 0.717) is 6.04 Å². The summed E-state index contributed by atoms with van der Waals surface area (Å²) in [5.41, 5.74) is 2.27. The van der Waals surface area contributed by atoms with Gasteiger partial charge in [-0.15, -0.1) is 0 Å². The third-order valence-corrected chi connectivity index (χ3v) is 4.95. The molecule has 4 heteroatoms. The quantitative estimate of drug-likeness (QED) is 0.839. The molecular weight excluding hydrogens is 270 g/mol. The maximum atomic E-state index is 6.49. The van der Waals surface area contributed by atoms with Gasteiger partial charge in [-0.2, -0.15) is 5.10 Å². The van der Waals surface area contributed by atoms with Crippen LogP contribution in [0.5, 0.6) is 0 Å². The van der Waals surface area contributed by atoms with E-state index >= 15 is 0 Å². The molecule has 0 aliphatic heterocycles. The lowest BCUT2D eigenvalue weighted by molar-refractivity contribution is 0.383. The van der Waals surface area contributed by atoms with E-state index in [2.05, 4.69) is 24.3 Å². The number of hydrogen-bond acceptors (Lipinski definition) is 2. The molecule has 0 spiro atoms. The van der Waals surface area contributed by atoms with Crippen LogP contribution in [0.2, 0.25) is 5.02 Å². The average molecular weight is 298 g/mol. The number of aryl methyl sites for hydroxylation is 2. The monoisotopic (exact) mass is 297 g/mol. The smallest absolute Gasteiger partial charge is 0.0849 e. The number of hydrogen-bond donors (Lipinski definition) is 1. The van der Waals surface area contributed by atoms with Gasteiger partial charge in [-0.05, 0) is 38.1 Å². The zero-order valence-electron chi connectivity index (χ0n) is 13.1. The van der Waals surface area contributed by atoms with Crippen molar-refractivity contribution in [3.05, 3.63) is 16.4 Å². The Bertz CT molecular complexity index is 428. The van der Waals surface area contributed by atoms with Crippen molar-refractivity contribution in [3.63, 3.8) is 0 Å². The van der Waals surface area contributed by atoms with Crippen LogP contribution in [0, 0.1) is 5.92 Å². The van der Waals surface area contributed by atoms with Gasteiger partial charge in [0.15, 0.2) is 0 Å². The van der Waals surface area contributed by atoms with Gasteiger partial charge in [-0.3, -0.25) is 4.68 Å². The van der Waals surface area contributed by atoms with Crippen LogP contribution in [-0.4, -0.2) is 22.4 Å². The van der Waals surface area contributed by atoms with E-state index in [0.717, 1.165) is 36.0 Å². The Morgan fingerprint density at radius 1 is 1.30 bits per heavy atom. The van der Waals surface area contributed by atoms with Crippen molar-refractivity contribution in [1.29, 1.82) is 0 Å². The molecule has 0 aromatic carbocycles. The van der Waals surface area contributed by atoms with Crippen LogP contribution in [0.1, 0.15) is 57.3 Å². The number of halogens is 1. The van der Waals surface area contributed by atoms with Gasteiger partial charge in [0, 0.05) is 13.1 Å². The molecule has 0 radical (unpaired) electrons. The van der Waals surface area contributed by atoms with E-state index < -0.39 is 0 Å². The summed E-state index contributed by atoms with van der Waals surface area (Å²) in [5.74, 6) is 0.735. The summed E-state index contributed by atoms with van der Waals surface area (Å²) in [4.78, 5) is 0. The maximum Gasteiger partial charge on any atom is 0.0849 e. The Hall–Kier alpha value is -0.540. The normalized spacial score (nSPS) is 23.8. The summed E-state index contributed by atoms with van der Waals surface area (Å²) in [6.45, 7) is 5.39. The summed E-state index contributed by atoms with van der Waals surface area (Å²) < 4.78 is 1.99. The van der Waals surface area contributed by atoms with Gasteiger partial charge in [-0.25, -0.2) is 0 Å². The summed E-state index contributed by atoms with van der Waals surface area (Å²) in [7, 11) is 2.03. The molecule has 1 aromatic rings. The highest BCUT2D eigenvalue weighted by Gasteiger charge is 2.23. The third-order valence-electron chi connectivity index (χ3n) is 4.51. The fraction of sp³-hybridized carbons (Fsp3) is 0.812. The molecule has 3 nitrogen and oxygen atoms in total. The van der Waals surface area contributed by atoms with Crippen LogP contribution in [-0.2, 0) is 19.9 Å². The molecule has 2 atom stereocenters. The standard InChI is InChI=1S/C16H28ClN3/c1-4-14-16(17)15(20(3)19-14)11-12-8-6-7-9-13(10-12)18-5-2/h12-13,18H,4-11H2,1-3H3. The zero-order valence-corrected chi connectivity index (χ0v) is 13.8. The zero-order chi connectivity index (χ0) is 14.5. The van der Waals surface area contributed by atoms with Crippen molar-refractivity contribution < 1.29 is 0 Å². The minimum absolute atomic E-state index is 0.685. The second-order valence-electron chi connectivity index (χ2n) is 6.03. The van der Waals surface area contributed by atoms with Gasteiger partial charge < -0.3 is 5.32 Å². The van der Waals surface area contributed by atoms with Crippen molar-refractivity contribution in [2.45, 2.75) is 64.8 Å². The highest BCUT2D eigenvalue weighted by atomic mass is 35.5. The van der Waals surface area contributed by atoms with E-state index in [1.54, 1.807) is 0 Å². The van der Waals surface area contributed by atoms with Crippen molar-refractivity contribution in [3.8, 4) is 0 Å². The fourth-order valence-electron chi connectivity index (χ4n) is 3.44. The van der Waals surface area contributed by atoms with E-state index in [9.17, 15) is 0 Å². The first-order valence-electron chi connectivity index (χ1n) is 8.09. The van der Waals surface area contributed by atoms with Gasteiger partial charge in [0.05, 0.1) is 16.4 Å². The number of nitrogens with zero attached hydrogens (tertiary/aromatic N) is 2. The second-order valence-corrected chi connectivity index (χ2v) is 6.41. The van der Waals surface area contributed by atoms with Crippen molar-refractivity contribution in [2.75, 3.05) is 6.54 Å². The van der Waals surface area contributed by atoms with Crippen LogP contribution >= 0.6 is 11.6 Å². The van der Waals surface area contributed by atoms with E-state index in [1.165, 1.54) is 37.8 Å². The fourth-order valence-corrected chi connectivity index (χ4v) is 3.81. The predicted octanol–water partition coefficient (Wildman–Crippen LogP) is 3.74. The summed E-state index contributed by atoms with van der Waals surface area (Å²) in [6, 6.07) is 0.685. The van der Waals surface area contributed by atoms with Gasteiger partial charge in [-0.1, -0.05) is 44.7 Å². The summed E-state index contributed by atoms with van der Waals surface area (Å²) >= 11 is 6.49. The second kappa shape index (κ2) is 7.46. The van der Waals surface area contributed by atoms with Crippen LogP contribution < -0.4 is 5.32 Å². The Kier molecular flexibility index (Phi) is 5.91. The molecular formula is C16H28ClN3. The lowest BCUT2D eigenvalue weighted by atomic mass is 9.93. The Balaban J connectivity index is 2.06. The van der Waals surface area contributed by atoms with Crippen molar-refractivity contribution in [2.24, 2.45) is 13.0 Å². The molecule has 1 saturated carbocycles. The van der Waals surface area contributed by atoms with Gasteiger partial charge in [0.25, 0.3) is 0 Å². The van der Waals surface area contributed by atoms with Crippen LogP contribution in [0.25, 0.3) is 0 Å². The molecule has 1 N–H and O–H groups in total. The lowest BCUT2D eigenvalue weighted by Crippen LogP contribution is -2.30. The van der Waals surface area contributed by atoms with Gasteiger partial charge in [0.1, 0.15) is 0 Å². The topological polar surface area (TPSA) is 29.9 Å². The van der Waals surface area contributed by atoms with E-state index in [4.69, 9.17) is 11.6 Å². The lowest BCUT2D eigenvalue weighted by Gasteiger charge is -2.20. The Morgan fingerprint density at radius 3 is 2.70 bits per heavy atom. The van der Waals surface area contributed by atoms with E-state index in [-0.39, 0.29) is 0 Å². The molecule has 2 unspecified atom stereocenters. The highest BCUT2D eigenvalue weighted by molar-refractivity contribution is 6.31. The maximum absolute atomic E-state index is 6.49. The number of aromatic nitrogens is 2. The molecule has 114 valence electrons. The molecule has 2 rings (SSSR count). The van der Waals surface area contributed by atoms with Crippen LogP contribution in [0.3, 0.4) is 0 Å². The molecule has 1 fully saturated rings. The summed E-state index contributed by atoms with van der Waals surface area (Å²) in [6.07, 6.45) is 8.61. The molecule has 1 heterocycles. The third kappa shape index (κ3) is 3.76. The van der Waals surface area contributed by atoms with Gasteiger partial charge >= 0.3 is 0 Å². The molecule has 0 bridgehead atoms. The minimum atomic E-state index is 0.685. The molecule has 0 saturated heterocycles. The van der Waals surface area contributed by atoms with Crippen molar-refractivity contribution in [1.82, 2.24) is 15.1 Å². The molecule has 1 aliphatic rings. The van der Waals surface area contributed by atoms with Gasteiger partial charge in [0.2, 0.25) is 0 Å². The predicted molar refractivity (Wildman–Crippen MR) is 85.3 cm³/mol. The first-order chi connectivity index (χ1) is 9.65. The number of nitrogens with one attached hydrogen (secondary N) is 1. The first kappa shape index (κ1) is 15.8. The largest absolute Gasteiger partial charge is 0.314 e. The van der Waals surface area contributed by atoms with Crippen LogP contribution in [0.15, 0.2) is 0 Å². The summed E-state index contributed by atoms with van der Waals surface area (Å²) in [5, 5.41) is 9.07. The molecule has 1 aromatic heterocycles.